The van der Waals surface area contributed by atoms with E-state index >= 15 is 0 Å². The van der Waals surface area contributed by atoms with E-state index in [2.05, 4.69) is 10.4 Å². The van der Waals surface area contributed by atoms with Crippen LogP contribution in [0, 0.1) is 6.92 Å². The number of hydrazone groups is 1. The lowest BCUT2D eigenvalue weighted by Crippen LogP contribution is -2.25. The standard InChI is InChI=1S/C22H25N3O4S/c1-5-28-20-12-18(21-25(16(4)27)24-22(30-21)23-15(3)26)10-11-19(20)29-13-17-8-6-14(2)7-9-17/h6-12,21H,5,13H2,1-4H3,(H,23,24,26)/t21-/m1/s1. The Morgan fingerprint density at radius 3 is 2.47 bits per heavy atom. The van der Waals surface area contributed by atoms with Crippen molar-refractivity contribution in [2.75, 3.05) is 6.61 Å². The number of benzene rings is 2. The molecule has 1 aliphatic heterocycles. The number of hydrogen-bond acceptors (Lipinski definition) is 6. The summed E-state index contributed by atoms with van der Waals surface area (Å²) in [7, 11) is 0. The molecule has 0 unspecified atom stereocenters. The van der Waals surface area contributed by atoms with Crippen LogP contribution >= 0.6 is 11.8 Å². The molecule has 0 aliphatic carbocycles. The van der Waals surface area contributed by atoms with E-state index in [0.29, 0.717) is 29.9 Å². The van der Waals surface area contributed by atoms with E-state index in [4.69, 9.17) is 9.47 Å². The molecule has 0 radical (unpaired) electrons. The van der Waals surface area contributed by atoms with Crippen LogP contribution in [0.5, 0.6) is 11.5 Å². The number of amidine groups is 1. The van der Waals surface area contributed by atoms with Crippen LogP contribution < -0.4 is 14.8 Å². The Labute approximate surface area is 180 Å². The predicted octanol–water partition coefficient (Wildman–Crippen LogP) is 3.97. The number of nitrogens with zero attached hydrogens (tertiary/aromatic N) is 2. The molecule has 1 heterocycles. The second-order valence-corrected chi connectivity index (χ2v) is 7.90. The van der Waals surface area contributed by atoms with Crippen LogP contribution in [0.25, 0.3) is 0 Å². The fourth-order valence-corrected chi connectivity index (χ4v) is 4.02. The molecule has 1 aliphatic rings. The smallest absolute Gasteiger partial charge is 0.241 e. The van der Waals surface area contributed by atoms with Gasteiger partial charge in [-0.15, -0.1) is 5.10 Å². The molecule has 0 saturated heterocycles. The van der Waals surface area contributed by atoms with Gasteiger partial charge in [0.05, 0.1) is 6.61 Å². The number of nitrogens with one attached hydrogen (secondary N) is 1. The normalized spacial score (nSPS) is 15.5. The van der Waals surface area contributed by atoms with E-state index in [1.807, 2.05) is 56.3 Å². The highest BCUT2D eigenvalue weighted by Gasteiger charge is 2.32. The minimum Gasteiger partial charge on any atom is -0.490 e. The Morgan fingerprint density at radius 2 is 1.83 bits per heavy atom. The second-order valence-electron chi connectivity index (χ2n) is 6.83. The number of rotatable bonds is 6. The molecule has 158 valence electrons. The van der Waals surface area contributed by atoms with E-state index in [-0.39, 0.29) is 11.8 Å². The summed E-state index contributed by atoms with van der Waals surface area (Å²) in [6.07, 6.45) is 0. The van der Waals surface area contributed by atoms with Crippen molar-refractivity contribution in [2.24, 2.45) is 5.10 Å². The van der Waals surface area contributed by atoms with Crippen molar-refractivity contribution in [2.45, 2.75) is 39.7 Å². The molecule has 7 nitrogen and oxygen atoms in total. The molecular formula is C22H25N3O4S. The maximum absolute atomic E-state index is 12.1. The maximum Gasteiger partial charge on any atom is 0.241 e. The first kappa shape index (κ1) is 21.7. The SMILES string of the molecule is CCOc1cc([C@H]2SC(NC(C)=O)=NN2C(C)=O)ccc1OCc1ccc(C)cc1. The second kappa shape index (κ2) is 9.67. The number of amides is 2. The summed E-state index contributed by atoms with van der Waals surface area (Å²) >= 11 is 1.30. The van der Waals surface area contributed by atoms with Crippen molar-refractivity contribution in [3.63, 3.8) is 0 Å². The Balaban J connectivity index is 1.80. The van der Waals surface area contributed by atoms with Gasteiger partial charge in [-0.25, -0.2) is 5.01 Å². The monoisotopic (exact) mass is 427 g/mol. The molecule has 0 fully saturated rings. The summed E-state index contributed by atoms with van der Waals surface area (Å²) in [5, 5.41) is 8.22. The average molecular weight is 428 g/mol. The van der Waals surface area contributed by atoms with Gasteiger partial charge in [0.15, 0.2) is 16.7 Å². The molecule has 0 bridgehead atoms. The van der Waals surface area contributed by atoms with E-state index in [0.717, 1.165) is 11.1 Å². The van der Waals surface area contributed by atoms with Crippen LogP contribution in [0.3, 0.4) is 0 Å². The van der Waals surface area contributed by atoms with Gasteiger partial charge in [0, 0.05) is 13.8 Å². The molecule has 2 aromatic carbocycles. The molecule has 0 saturated carbocycles. The third-order valence-electron chi connectivity index (χ3n) is 4.32. The van der Waals surface area contributed by atoms with Gasteiger partial charge in [-0.1, -0.05) is 47.7 Å². The fraction of sp³-hybridized carbons (Fsp3) is 0.318. The molecule has 0 spiro atoms. The number of hydrogen-bond donors (Lipinski definition) is 1. The third kappa shape index (κ3) is 5.33. The van der Waals surface area contributed by atoms with Gasteiger partial charge >= 0.3 is 0 Å². The Hall–Kier alpha value is -3.00. The van der Waals surface area contributed by atoms with Gasteiger partial charge in [-0.3, -0.25) is 9.59 Å². The summed E-state index contributed by atoms with van der Waals surface area (Å²) in [6, 6.07) is 13.7. The van der Waals surface area contributed by atoms with Gasteiger partial charge < -0.3 is 14.8 Å². The molecule has 3 rings (SSSR count). The molecular weight excluding hydrogens is 402 g/mol. The van der Waals surface area contributed by atoms with Crippen molar-refractivity contribution >= 4 is 28.7 Å². The maximum atomic E-state index is 12.1. The molecule has 2 aromatic rings. The molecule has 1 N–H and O–H groups in total. The first-order valence-corrected chi connectivity index (χ1v) is 10.5. The predicted molar refractivity (Wildman–Crippen MR) is 117 cm³/mol. The van der Waals surface area contributed by atoms with E-state index in [1.165, 1.54) is 36.2 Å². The van der Waals surface area contributed by atoms with Crippen LogP contribution in [0.1, 0.15) is 42.8 Å². The quantitative estimate of drug-likeness (QED) is 0.754. The fourth-order valence-electron chi connectivity index (χ4n) is 2.89. The summed E-state index contributed by atoms with van der Waals surface area (Å²) < 4.78 is 11.8. The highest BCUT2D eigenvalue weighted by atomic mass is 32.2. The molecule has 30 heavy (non-hydrogen) atoms. The zero-order valence-corrected chi connectivity index (χ0v) is 18.3. The van der Waals surface area contributed by atoms with Crippen LogP contribution in [-0.2, 0) is 16.2 Å². The van der Waals surface area contributed by atoms with Gasteiger partial charge in [-0.05, 0) is 37.1 Å². The summed E-state index contributed by atoms with van der Waals surface area (Å²) in [5.74, 6) is 0.770. The number of thioether (sulfide) groups is 1. The first-order valence-electron chi connectivity index (χ1n) is 9.65. The lowest BCUT2D eigenvalue weighted by molar-refractivity contribution is -0.129. The van der Waals surface area contributed by atoms with Gasteiger partial charge in [-0.2, -0.15) is 0 Å². The molecule has 1 atom stereocenters. The minimum atomic E-state index is -0.394. The zero-order valence-electron chi connectivity index (χ0n) is 17.5. The average Bonchev–Trinajstić information content (AvgIpc) is 3.12. The van der Waals surface area contributed by atoms with Crippen LogP contribution in [0.4, 0.5) is 0 Å². The Morgan fingerprint density at radius 1 is 1.10 bits per heavy atom. The number of carbonyl (C=O) groups is 2. The number of aryl methyl sites for hydroxylation is 1. The zero-order chi connectivity index (χ0) is 21.7. The van der Waals surface area contributed by atoms with Gasteiger partial charge in [0.2, 0.25) is 11.8 Å². The van der Waals surface area contributed by atoms with E-state index < -0.39 is 5.37 Å². The summed E-state index contributed by atoms with van der Waals surface area (Å²) in [6.45, 7) is 7.70. The molecule has 0 aromatic heterocycles. The van der Waals surface area contributed by atoms with E-state index in [9.17, 15) is 9.59 Å². The summed E-state index contributed by atoms with van der Waals surface area (Å²) in [4.78, 5) is 23.4. The van der Waals surface area contributed by atoms with Crippen molar-refractivity contribution in [3.05, 3.63) is 59.2 Å². The topological polar surface area (TPSA) is 80.2 Å². The van der Waals surface area contributed by atoms with Crippen molar-refractivity contribution in [3.8, 4) is 11.5 Å². The Kier molecular flexibility index (Phi) is 6.99. The number of carbonyl (C=O) groups excluding carboxylic acids is 2. The lowest BCUT2D eigenvalue weighted by atomic mass is 10.1. The number of ether oxygens (including phenoxy) is 2. The van der Waals surface area contributed by atoms with Gasteiger partial charge in [0.25, 0.3) is 0 Å². The summed E-state index contributed by atoms with van der Waals surface area (Å²) in [5.41, 5.74) is 3.09. The minimum absolute atomic E-state index is 0.217. The van der Waals surface area contributed by atoms with E-state index in [1.54, 1.807) is 0 Å². The highest BCUT2D eigenvalue weighted by molar-refractivity contribution is 8.14. The largest absolute Gasteiger partial charge is 0.490 e. The van der Waals surface area contributed by atoms with Crippen LogP contribution in [-0.4, -0.2) is 28.6 Å². The van der Waals surface area contributed by atoms with Crippen LogP contribution in [0.15, 0.2) is 47.6 Å². The lowest BCUT2D eigenvalue weighted by Gasteiger charge is -2.21. The van der Waals surface area contributed by atoms with Crippen molar-refractivity contribution < 1.29 is 19.1 Å². The first-order chi connectivity index (χ1) is 14.4. The highest BCUT2D eigenvalue weighted by Crippen LogP contribution is 2.41. The van der Waals surface area contributed by atoms with Crippen molar-refractivity contribution in [1.82, 2.24) is 10.3 Å². The molecule has 8 heteroatoms. The van der Waals surface area contributed by atoms with Gasteiger partial charge in [0.1, 0.15) is 12.0 Å². The van der Waals surface area contributed by atoms with Crippen molar-refractivity contribution in [1.29, 1.82) is 0 Å². The molecule has 2 amide bonds. The van der Waals surface area contributed by atoms with Crippen LogP contribution in [0.2, 0.25) is 0 Å². The third-order valence-corrected chi connectivity index (χ3v) is 5.42. The Bertz CT molecular complexity index is 959.